The lowest BCUT2D eigenvalue weighted by Crippen LogP contribution is -2.23. The summed E-state index contributed by atoms with van der Waals surface area (Å²) in [6.07, 6.45) is 1.14. The van der Waals surface area contributed by atoms with Crippen molar-refractivity contribution < 1.29 is 13.5 Å². The van der Waals surface area contributed by atoms with Crippen LogP contribution in [0.5, 0.6) is 0 Å². The highest BCUT2D eigenvalue weighted by Crippen LogP contribution is 2.10. The second kappa shape index (κ2) is 6.45. The monoisotopic (exact) mass is 303 g/mol. The Morgan fingerprint density at radius 2 is 2.00 bits per heavy atom. The standard InChI is InChI=1S/C14H13N3O3S/c15-7-13-4-5-14(9-16-13)21(19,20)17-8-11-2-1-3-12(6-11)10-18/h1-6,9,17-18H,8,10H2. The van der Waals surface area contributed by atoms with Gasteiger partial charge in [0.15, 0.2) is 0 Å². The highest BCUT2D eigenvalue weighted by molar-refractivity contribution is 7.89. The van der Waals surface area contributed by atoms with Crippen LogP contribution in [0.2, 0.25) is 0 Å². The van der Waals surface area contributed by atoms with Gasteiger partial charge in [-0.25, -0.2) is 18.1 Å². The van der Waals surface area contributed by atoms with Crippen LogP contribution in [0.3, 0.4) is 0 Å². The molecule has 108 valence electrons. The van der Waals surface area contributed by atoms with Gasteiger partial charge in [0.25, 0.3) is 0 Å². The lowest BCUT2D eigenvalue weighted by Gasteiger charge is -2.07. The van der Waals surface area contributed by atoms with Gasteiger partial charge < -0.3 is 5.11 Å². The normalized spacial score (nSPS) is 11.0. The van der Waals surface area contributed by atoms with Crippen molar-refractivity contribution in [1.82, 2.24) is 9.71 Å². The Kier molecular flexibility index (Phi) is 4.65. The molecule has 2 N–H and O–H groups in total. The first-order valence-corrected chi connectivity index (χ1v) is 7.58. The van der Waals surface area contributed by atoms with Crippen molar-refractivity contribution in [2.24, 2.45) is 0 Å². The molecule has 0 spiro atoms. The summed E-state index contributed by atoms with van der Waals surface area (Å²) in [5.41, 5.74) is 1.61. The summed E-state index contributed by atoms with van der Waals surface area (Å²) in [4.78, 5) is 3.73. The van der Waals surface area contributed by atoms with Crippen LogP contribution in [0.4, 0.5) is 0 Å². The Morgan fingerprint density at radius 3 is 2.62 bits per heavy atom. The van der Waals surface area contributed by atoms with Crippen LogP contribution in [0.1, 0.15) is 16.8 Å². The molecule has 0 unspecified atom stereocenters. The largest absolute Gasteiger partial charge is 0.392 e. The number of nitrogens with one attached hydrogen (secondary N) is 1. The Labute approximate surface area is 122 Å². The first kappa shape index (κ1) is 15.1. The van der Waals surface area contributed by atoms with E-state index in [0.717, 1.165) is 11.8 Å². The molecule has 0 saturated heterocycles. The van der Waals surface area contributed by atoms with Crippen LogP contribution in [-0.4, -0.2) is 18.5 Å². The number of sulfonamides is 1. The minimum atomic E-state index is -3.69. The van der Waals surface area contributed by atoms with Gasteiger partial charge in [-0.3, -0.25) is 0 Å². The molecular formula is C14H13N3O3S. The number of hydrogen-bond donors (Lipinski definition) is 2. The van der Waals surface area contributed by atoms with Crippen molar-refractivity contribution in [3.8, 4) is 6.07 Å². The number of hydrogen-bond acceptors (Lipinski definition) is 5. The summed E-state index contributed by atoms with van der Waals surface area (Å²) < 4.78 is 26.6. The van der Waals surface area contributed by atoms with Gasteiger partial charge in [0, 0.05) is 12.7 Å². The first-order chi connectivity index (χ1) is 10.0. The van der Waals surface area contributed by atoms with Gasteiger partial charge in [0.1, 0.15) is 16.7 Å². The summed E-state index contributed by atoms with van der Waals surface area (Å²) in [5, 5.41) is 17.7. The van der Waals surface area contributed by atoms with Crippen LogP contribution in [0.25, 0.3) is 0 Å². The maximum absolute atomic E-state index is 12.1. The molecule has 0 amide bonds. The quantitative estimate of drug-likeness (QED) is 0.855. The summed E-state index contributed by atoms with van der Waals surface area (Å²) in [6.45, 7) is 0.0102. The predicted octanol–water partition coefficient (Wildman–Crippen LogP) is 0.924. The second-order valence-electron chi connectivity index (χ2n) is 4.29. The van der Waals surface area contributed by atoms with Gasteiger partial charge in [-0.15, -0.1) is 0 Å². The zero-order chi connectivity index (χ0) is 15.3. The van der Waals surface area contributed by atoms with E-state index in [2.05, 4.69) is 9.71 Å². The van der Waals surface area contributed by atoms with E-state index in [1.165, 1.54) is 12.1 Å². The van der Waals surface area contributed by atoms with Gasteiger partial charge in [0.2, 0.25) is 10.0 Å². The Balaban J connectivity index is 2.11. The minimum absolute atomic E-state index is 0.000173. The number of nitriles is 1. The smallest absolute Gasteiger partial charge is 0.242 e. The number of aliphatic hydroxyl groups excluding tert-OH is 1. The van der Waals surface area contributed by atoms with E-state index < -0.39 is 10.0 Å². The van der Waals surface area contributed by atoms with Crippen molar-refractivity contribution in [2.75, 3.05) is 0 Å². The fourth-order valence-corrected chi connectivity index (χ4v) is 2.67. The van der Waals surface area contributed by atoms with E-state index in [1.807, 2.05) is 6.07 Å². The van der Waals surface area contributed by atoms with E-state index in [0.29, 0.717) is 5.56 Å². The van der Waals surface area contributed by atoms with Crippen LogP contribution in [-0.2, 0) is 23.2 Å². The molecule has 2 aromatic rings. The molecule has 21 heavy (non-hydrogen) atoms. The van der Waals surface area contributed by atoms with E-state index in [9.17, 15) is 8.42 Å². The third kappa shape index (κ3) is 3.86. The third-order valence-corrected chi connectivity index (χ3v) is 4.19. The van der Waals surface area contributed by atoms with Crippen molar-refractivity contribution in [3.05, 3.63) is 59.4 Å². The van der Waals surface area contributed by atoms with Crippen LogP contribution < -0.4 is 4.72 Å². The van der Waals surface area contributed by atoms with Gasteiger partial charge in [0.05, 0.1) is 6.61 Å². The molecule has 0 aliphatic heterocycles. The van der Waals surface area contributed by atoms with Gasteiger partial charge >= 0.3 is 0 Å². The number of aromatic nitrogens is 1. The molecule has 0 atom stereocenters. The Hall–Kier alpha value is -2.27. The maximum atomic E-state index is 12.1. The molecule has 2 rings (SSSR count). The van der Waals surface area contributed by atoms with E-state index in [4.69, 9.17) is 10.4 Å². The lowest BCUT2D eigenvalue weighted by molar-refractivity contribution is 0.281. The average molecular weight is 303 g/mol. The molecule has 1 aromatic carbocycles. The molecule has 0 saturated carbocycles. The molecule has 7 heteroatoms. The fourth-order valence-electron chi connectivity index (χ4n) is 1.71. The number of aliphatic hydroxyl groups is 1. The SMILES string of the molecule is N#Cc1ccc(S(=O)(=O)NCc2cccc(CO)c2)cn1. The van der Waals surface area contributed by atoms with Crippen LogP contribution in [0.15, 0.2) is 47.5 Å². The summed E-state index contributed by atoms with van der Waals surface area (Å²) in [6, 6.07) is 11.5. The van der Waals surface area contributed by atoms with Crippen molar-refractivity contribution in [2.45, 2.75) is 18.0 Å². The fraction of sp³-hybridized carbons (Fsp3) is 0.143. The first-order valence-electron chi connectivity index (χ1n) is 6.09. The molecule has 6 nitrogen and oxygen atoms in total. The minimum Gasteiger partial charge on any atom is -0.392 e. The average Bonchev–Trinajstić information content (AvgIpc) is 2.53. The third-order valence-electron chi connectivity index (χ3n) is 2.80. The molecule has 0 fully saturated rings. The highest BCUT2D eigenvalue weighted by atomic mass is 32.2. The number of pyridine rings is 1. The Morgan fingerprint density at radius 1 is 1.24 bits per heavy atom. The zero-order valence-corrected chi connectivity index (χ0v) is 11.8. The summed E-state index contributed by atoms with van der Waals surface area (Å²) in [7, 11) is -3.69. The summed E-state index contributed by atoms with van der Waals surface area (Å²) >= 11 is 0. The van der Waals surface area contributed by atoms with E-state index in [-0.39, 0.29) is 23.7 Å². The second-order valence-corrected chi connectivity index (χ2v) is 6.06. The van der Waals surface area contributed by atoms with Crippen LogP contribution >= 0.6 is 0 Å². The molecule has 0 aliphatic carbocycles. The number of rotatable bonds is 5. The summed E-state index contributed by atoms with van der Waals surface area (Å²) in [5.74, 6) is 0. The number of nitrogens with zero attached hydrogens (tertiary/aromatic N) is 2. The van der Waals surface area contributed by atoms with E-state index in [1.54, 1.807) is 24.3 Å². The zero-order valence-electron chi connectivity index (χ0n) is 11.0. The Bertz CT molecular complexity index is 765. The van der Waals surface area contributed by atoms with Crippen molar-refractivity contribution in [3.63, 3.8) is 0 Å². The van der Waals surface area contributed by atoms with E-state index >= 15 is 0 Å². The number of benzene rings is 1. The molecule has 0 radical (unpaired) electrons. The topological polar surface area (TPSA) is 103 Å². The van der Waals surface area contributed by atoms with Gasteiger partial charge in [-0.05, 0) is 23.3 Å². The maximum Gasteiger partial charge on any atom is 0.242 e. The molecule has 1 heterocycles. The van der Waals surface area contributed by atoms with Crippen molar-refractivity contribution >= 4 is 10.0 Å². The van der Waals surface area contributed by atoms with Gasteiger partial charge in [-0.2, -0.15) is 5.26 Å². The predicted molar refractivity (Wildman–Crippen MR) is 75.3 cm³/mol. The van der Waals surface area contributed by atoms with Gasteiger partial charge in [-0.1, -0.05) is 24.3 Å². The van der Waals surface area contributed by atoms with Crippen molar-refractivity contribution in [1.29, 1.82) is 5.26 Å². The highest BCUT2D eigenvalue weighted by Gasteiger charge is 2.14. The van der Waals surface area contributed by atoms with Crippen LogP contribution in [0, 0.1) is 11.3 Å². The lowest BCUT2D eigenvalue weighted by atomic mass is 10.1. The molecule has 0 aliphatic rings. The molecule has 1 aromatic heterocycles. The molecular weight excluding hydrogens is 290 g/mol. The molecule has 0 bridgehead atoms.